The van der Waals surface area contributed by atoms with Crippen molar-refractivity contribution in [1.29, 1.82) is 5.26 Å². The average molecular weight is 272 g/mol. The summed E-state index contributed by atoms with van der Waals surface area (Å²) in [7, 11) is 0. The van der Waals surface area contributed by atoms with E-state index in [1.54, 1.807) is 18.2 Å². The van der Waals surface area contributed by atoms with E-state index >= 15 is 0 Å². The van der Waals surface area contributed by atoms with Crippen LogP contribution in [0.1, 0.15) is 38.2 Å². The van der Waals surface area contributed by atoms with Crippen LogP contribution in [-0.4, -0.2) is 25.0 Å². The third-order valence-electron chi connectivity index (χ3n) is 4.06. The van der Waals surface area contributed by atoms with Crippen molar-refractivity contribution in [2.75, 3.05) is 18.4 Å². The van der Waals surface area contributed by atoms with Gasteiger partial charge in [-0.25, -0.2) is 0 Å². The minimum atomic E-state index is -0.0696. The molecule has 20 heavy (non-hydrogen) atoms. The van der Waals surface area contributed by atoms with Crippen LogP contribution in [0.25, 0.3) is 0 Å². The first kappa shape index (κ1) is 14.5. The number of hydrogen-bond acceptors (Lipinski definition) is 2. The SMILES string of the molecule is C[C@H](C(=O)Nc1ccccc1C#N)[NH+]1CCCCCC1. The van der Waals surface area contributed by atoms with Gasteiger partial charge in [-0.15, -0.1) is 0 Å². The highest BCUT2D eigenvalue weighted by Crippen LogP contribution is 2.13. The highest BCUT2D eigenvalue weighted by atomic mass is 16.2. The standard InChI is InChI=1S/C16H21N3O/c1-13(19-10-6-2-3-7-11-19)16(20)18-15-9-5-4-8-14(15)12-17/h4-5,8-9,13H,2-3,6-7,10-11H2,1H3,(H,18,20)/p+1/t13-/m1/s1. The fraction of sp³-hybridized carbons (Fsp3) is 0.500. The Hall–Kier alpha value is -1.86. The number of carbonyl (C=O) groups excluding carboxylic acids is 1. The van der Waals surface area contributed by atoms with Gasteiger partial charge in [0.25, 0.3) is 5.91 Å². The maximum absolute atomic E-state index is 12.4. The molecule has 4 heteroatoms. The number of para-hydroxylation sites is 1. The molecule has 0 aromatic heterocycles. The fourth-order valence-electron chi connectivity index (χ4n) is 2.73. The van der Waals surface area contributed by atoms with Crippen LogP contribution in [0.3, 0.4) is 0 Å². The molecule has 0 spiro atoms. The molecule has 1 atom stereocenters. The predicted octanol–water partition coefficient (Wildman–Crippen LogP) is 1.34. The van der Waals surface area contributed by atoms with Gasteiger partial charge in [0.15, 0.2) is 6.04 Å². The molecule has 1 heterocycles. The number of hydrogen-bond donors (Lipinski definition) is 2. The van der Waals surface area contributed by atoms with Crippen LogP contribution in [-0.2, 0) is 4.79 Å². The van der Waals surface area contributed by atoms with E-state index in [4.69, 9.17) is 5.26 Å². The summed E-state index contributed by atoms with van der Waals surface area (Å²) >= 11 is 0. The summed E-state index contributed by atoms with van der Waals surface area (Å²) in [6, 6.07) is 9.17. The molecule has 1 saturated heterocycles. The quantitative estimate of drug-likeness (QED) is 0.872. The molecule has 0 aliphatic carbocycles. The van der Waals surface area contributed by atoms with Crippen molar-refractivity contribution in [2.45, 2.75) is 38.6 Å². The first-order valence-corrected chi connectivity index (χ1v) is 7.37. The Morgan fingerprint density at radius 2 is 1.90 bits per heavy atom. The molecule has 0 unspecified atom stereocenters. The zero-order valence-corrected chi connectivity index (χ0v) is 12.0. The van der Waals surface area contributed by atoms with Gasteiger partial charge >= 0.3 is 0 Å². The molecule has 0 bridgehead atoms. The molecule has 1 fully saturated rings. The van der Waals surface area contributed by atoms with Gasteiger partial charge in [-0.1, -0.05) is 12.1 Å². The van der Waals surface area contributed by atoms with Crippen LogP contribution in [0.15, 0.2) is 24.3 Å². The van der Waals surface area contributed by atoms with E-state index in [0.29, 0.717) is 11.3 Å². The largest absolute Gasteiger partial charge is 0.325 e. The van der Waals surface area contributed by atoms with Crippen LogP contribution in [0.4, 0.5) is 5.69 Å². The molecule has 0 radical (unpaired) electrons. The summed E-state index contributed by atoms with van der Waals surface area (Å²) in [4.78, 5) is 13.7. The second kappa shape index (κ2) is 7.06. The van der Waals surface area contributed by atoms with E-state index < -0.39 is 0 Å². The molecule has 4 nitrogen and oxygen atoms in total. The van der Waals surface area contributed by atoms with Crippen molar-refractivity contribution in [3.05, 3.63) is 29.8 Å². The van der Waals surface area contributed by atoms with E-state index in [9.17, 15) is 4.79 Å². The van der Waals surface area contributed by atoms with Crippen LogP contribution < -0.4 is 10.2 Å². The topological polar surface area (TPSA) is 57.3 Å². The van der Waals surface area contributed by atoms with Gasteiger partial charge in [0, 0.05) is 0 Å². The third-order valence-corrected chi connectivity index (χ3v) is 4.06. The molecular weight excluding hydrogens is 250 g/mol. The summed E-state index contributed by atoms with van der Waals surface area (Å²) in [6.45, 7) is 4.11. The van der Waals surface area contributed by atoms with Crippen molar-refractivity contribution in [1.82, 2.24) is 0 Å². The Labute approximate surface area is 120 Å². The number of likely N-dealkylation sites (tertiary alicyclic amines) is 1. The molecule has 1 aromatic carbocycles. The molecule has 1 aliphatic heterocycles. The van der Waals surface area contributed by atoms with Crippen LogP contribution in [0.5, 0.6) is 0 Å². The first-order valence-electron chi connectivity index (χ1n) is 7.37. The predicted molar refractivity (Wildman–Crippen MR) is 78.4 cm³/mol. The monoisotopic (exact) mass is 272 g/mol. The summed E-state index contributed by atoms with van der Waals surface area (Å²) in [6.07, 6.45) is 4.94. The van der Waals surface area contributed by atoms with Crippen molar-refractivity contribution >= 4 is 11.6 Å². The number of nitriles is 1. The summed E-state index contributed by atoms with van der Waals surface area (Å²) in [5, 5.41) is 11.9. The number of nitrogens with one attached hydrogen (secondary N) is 2. The van der Waals surface area contributed by atoms with E-state index in [0.717, 1.165) is 13.1 Å². The maximum Gasteiger partial charge on any atom is 0.282 e. The summed E-state index contributed by atoms with van der Waals surface area (Å²) < 4.78 is 0. The van der Waals surface area contributed by atoms with E-state index in [-0.39, 0.29) is 11.9 Å². The van der Waals surface area contributed by atoms with Gasteiger partial charge in [-0.3, -0.25) is 4.79 Å². The van der Waals surface area contributed by atoms with Gasteiger partial charge in [-0.2, -0.15) is 5.26 Å². The number of rotatable bonds is 3. The lowest BCUT2D eigenvalue weighted by molar-refractivity contribution is -0.913. The Balaban J connectivity index is 2.02. The van der Waals surface area contributed by atoms with Crippen molar-refractivity contribution < 1.29 is 9.69 Å². The smallest absolute Gasteiger partial charge is 0.282 e. The van der Waals surface area contributed by atoms with Gasteiger partial charge in [0.05, 0.1) is 24.3 Å². The Bertz CT molecular complexity index is 499. The molecule has 106 valence electrons. The second-order valence-electron chi connectivity index (χ2n) is 5.44. The van der Waals surface area contributed by atoms with Crippen LogP contribution in [0, 0.1) is 11.3 Å². The molecule has 2 N–H and O–H groups in total. The highest BCUT2D eigenvalue weighted by molar-refractivity contribution is 5.94. The average Bonchev–Trinajstić information content (AvgIpc) is 2.76. The van der Waals surface area contributed by atoms with E-state index in [1.165, 1.54) is 30.6 Å². The lowest BCUT2D eigenvalue weighted by atomic mass is 10.1. The number of carbonyl (C=O) groups is 1. The highest BCUT2D eigenvalue weighted by Gasteiger charge is 2.26. The molecule has 1 amide bonds. The zero-order valence-electron chi connectivity index (χ0n) is 12.0. The summed E-state index contributed by atoms with van der Waals surface area (Å²) in [5.74, 6) is 0.00426. The molecular formula is C16H22N3O+. The number of nitrogens with zero attached hydrogens (tertiary/aromatic N) is 1. The zero-order chi connectivity index (χ0) is 14.4. The molecule has 2 rings (SSSR count). The van der Waals surface area contributed by atoms with Crippen LogP contribution in [0.2, 0.25) is 0 Å². The molecule has 0 saturated carbocycles. The lowest BCUT2D eigenvalue weighted by Crippen LogP contribution is -3.16. The Morgan fingerprint density at radius 1 is 1.25 bits per heavy atom. The number of amides is 1. The first-order chi connectivity index (χ1) is 9.72. The van der Waals surface area contributed by atoms with E-state index in [1.807, 2.05) is 13.0 Å². The van der Waals surface area contributed by atoms with Crippen molar-refractivity contribution in [3.63, 3.8) is 0 Å². The Morgan fingerprint density at radius 3 is 2.55 bits per heavy atom. The third kappa shape index (κ3) is 3.58. The van der Waals surface area contributed by atoms with Gasteiger partial charge in [-0.05, 0) is 44.7 Å². The van der Waals surface area contributed by atoms with Gasteiger partial charge in [0.1, 0.15) is 6.07 Å². The van der Waals surface area contributed by atoms with Crippen LogP contribution >= 0.6 is 0 Å². The van der Waals surface area contributed by atoms with Gasteiger partial charge < -0.3 is 10.2 Å². The molecule has 1 aliphatic rings. The number of benzene rings is 1. The summed E-state index contributed by atoms with van der Waals surface area (Å²) in [5.41, 5.74) is 1.12. The number of quaternary nitrogens is 1. The number of anilines is 1. The van der Waals surface area contributed by atoms with Crippen molar-refractivity contribution in [2.24, 2.45) is 0 Å². The minimum Gasteiger partial charge on any atom is -0.325 e. The second-order valence-corrected chi connectivity index (χ2v) is 5.44. The van der Waals surface area contributed by atoms with Gasteiger partial charge in [0.2, 0.25) is 0 Å². The maximum atomic E-state index is 12.4. The normalized spacial score (nSPS) is 17.8. The van der Waals surface area contributed by atoms with E-state index in [2.05, 4.69) is 11.4 Å². The lowest BCUT2D eigenvalue weighted by Gasteiger charge is -2.23. The fourth-order valence-corrected chi connectivity index (χ4v) is 2.73. The molecule has 1 aromatic rings. The Kier molecular flexibility index (Phi) is 5.14. The minimum absolute atomic E-state index is 0.00426. The van der Waals surface area contributed by atoms with Crippen molar-refractivity contribution in [3.8, 4) is 6.07 Å².